The summed E-state index contributed by atoms with van der Waals surface area (Å²) in [6.07, 6.45) is 3.18. The number of carbonyl (C=O) groups excluding carboxylic acids is 1. The number of benzene rings is 1. The average Bonchev–Trinajstić information content (AvgIpc) is 2.75. The van der Waals surface area contributed by atoms with Gasteiger partial charge in [0.15, 0.2) is 5.82 Å². The van der Waals surface area contributed by atoms with E-state index in [-0.39, 0.29) is 11.6 Å². The summed E-state index contributed by atoms with van der Waals surface area (Å²) >= 11 is 0. The Kier molecular flexibility index (Phi) is 4.90. The van der Waals surface area contributed by atoms with Crippen molar-refractivity contribution in [1.29, 1.82) is 5.26 Å². The lowest BCUT2D eigenvalue weighted by atomic mass is 10.1. The topological polar surface area (TPSA) is 104 Å². The molecule has 1 aromatic carbocycles. The molecule has 0 bridgehead atoms. The van der Waals surface area contributed by atoms with Crippen LogP contribution in [-0.4, -0.2) is 25.8 Å². The second kappa shape index (κ2) is 7.68. The Morgan fingerprint density at radius 3 is 2.60 bits per heavy atom. The molecule has 146 valence electrons. The number of fused-ring (bicyclic) bond motifs is 1. The van der Waals surface area contributed by atoms with Crippen molar-refractivity contribution in [3.05, 3.63) is 76.9 Å². The van der Waals surface area contributed by atoms with Gasteiger partial charge in [0.25, 0.3) is 5.91 Å². The molecular weight excluding hydrogens is 376 g/mol. The molecule has 0 fully saturated rings. The van der Waals surface area contributed by atoms with Crippen LogP contribution in [-0.2, 0) is 0 Å². The van der Waals surface area contributed by atoms with Crippen molar-refractivity contribution < 1.29 is 4.79 Å². The summed E-state index contributed by atoms with van der Waals surface area (Å²) in [4.78, 5) is 30.0. The molecule has 0 saturated carbocycles. The maximum Gasteiger partial charge on any atom is 0.255 e. The Morgan fingerprint density at radius 2 is 1.83 bits per heavy atom. The van der Waals surface area contributed by atoms with Crippen LogP contribution in [0.1, 0.15) is 32.9 Å². The summed E-state index contributed by atoms with van der Waals surface area (Å²) in [5.74, 6) is 0.300. The maximum absolute atomic E-state index is 12.5. The van der Waals surface area contributed by atoms with Gasteiger partial charge in [0.05, 0.1) is 11.7 Å². The summed E-state index contributed by atoms with van der Waals surface area (Å²) in [7, 11) is 0. The minimum Gasteiger partial charge on any atom is -0.322 e. The van der Waals surface area contributed by atoms with Crippen LogP contribution < -0.4 is 5.32 Å². The monoisotopic (exact) mass is 394 g/mol. The number of nitrogens with zero attached hydrogens (tertiary/aromatic N) is 5. The Morgan fingerprint density at radius 1 is 1.00 bits per heavy atom. The molecule has 0 unspecified atom stereocenters. The zero-order chi connectivity index (χ0) is 21.3. The summed E-state index contributed by atoms with van der Waals surface area (Å²) in [6.45, 7) is 5.86. The van der Waals surface area contributed by atoms with E-state index < -0.39 is 0 Å². The molecule has 7 heteroatoms. The van der Waals surface area contributed by atoms with Gasteiger partial charge in [-0.05, 0) is 68.3 Å². The fraction of sp³-hybridized carbons (Fsp3) is 0.130. The number of aromatic nitrogens is 4. The van der Waals surface area contributed by atoms with Crippen LogP contribution in [0.25, 0.3) is 22.4 Å². The number of amides is 1. The zero-order valence-electron chi connectivity index (χ0n) is 16.8. The lowest BCUT2D eigenvalue weighted by Gasteiger charge is -2.11. The fourth-order valence-corrected chi connectivity index (χ4v) is 3.26. The Bertz CT molecular complexity index is 1340. The van der Waals surface area contributed by atoms with Gasteiger partial charge in [-0.1, -0.05) is 0 Å². The third-order valence-corrected chi connectivity index (χ3v) is 4.73. The lowest BCUT2D eigenvalue weighted by molar-refractivity contribution is 0.102. The van der Waals surface area contributed by atoms with Crippen LogP contribution >= 0.6 is 0 Å². The summed E-state index contributed by atoms with van der Waals surface area (Å²) in [5, 5.41) is 11.8. The molecule has 0 aliphatic carbocycles. The summed E-state index contributed by atoms with van der Waals surface area (Å²) < 4.78 is 0. The van der Waals surface area contributed by atoms with Crippen molar-refractivity contribution in [2.45, 2.75) is 20.8 Å². The average molecular weight is 394 g/mol. The number of hydrogen-bond acceptors (Lipinski definition) is 6. The third kappa shape index (κ3) is 3.71. The van der Waals surface area contributed by atoms with E-state index in [1.54, 1.807) is 12.3 Å². The van der Waals surface area contributed by atoms with Crippen LogP contribution in [0.3, 0.4) is 0 Å². The van der Waals surface area contributed by atoms with Gasteiger partial charge >= 0.3 is 0 Å². The zero-order valence-corrected chi connectivity index (χ0v) is 16.8. The SMILES string of the molecule is Cc1cc(C)c2nc(-c3ccc(NC(=O)c4ccnc(C#N)c4)c(C)c3)ncc2n1. The molecule has 4 rings (SSSR count). The van der Waals surface area contributed by atoms with E-state index in [0.717, 1.165) is 33.4 Å². The Hall–Kier alpha value is -4.18. The van der Waals surface area contributed by atoms with E-state index >= 15 is 0 Å². The van der Waals surface area contributed by atoms with Crippen LogP contribution in [0.4, 0.5) is 5.69 Å². The van der Waals surface area contributed by atoms with Crippen molar-refractivity contribution in [2.75, 3.05) is 5.32 Å². The molecule has 30 heavy (non-hydrogen) atoms. The van der Waals surface area contributed by atoms with E-state index in [9.17, 15) is 4.79 Å². The van der Waals surface area contributed by atoms with E-state index in [4.69, 9.17) is 5.26 Å². The molecule has 0 saturated heterocycles. The number of aryl methyl sites for hydroxylation is 3. The largest absolute Gasteiger partial charge is 0.322 e. The lowest BCUT2D eigenvalue weighted by Crippen LogP contribution is -2.13. The van der Waals surface area contributed by atoms with E-state index in [2.05, 4.69) is 25.3 Å². The van der Waals surface area contributed by atoms with Gasteiger partial charge in [0.2, 0.25) is 0 Å². The van der Waals surface area contributed by atoms with Gasteiger partial charge < -0.3 is 5.32 Å². The molecule has 7 nitrogen and oxygen atoms in total. The van der Waals surface area contributed by atoms with Gasteiger partial charge in [0.1, 0.15) is 17.3 Å². The first-order valence-corrected chi connectivity index (χ1v) is 9.34. The van der Waals surface area contributed by atoms with Gasteiger partial charge in [-0.15, -0.1) is 0 Å². The highest BCUT2D eigenvalue weighted by molar-refractivity contribution is 6.04. The maximum atomic E-state index is 12.5. The molecule has 4 aromatic rings. The molecule has 0 spiro atoms. The van der Waals surface area contributed by atoms with E-state index in [1.165, 1.54) is 12.3 Å². The first kappa shape index (κ1) is 19.2. The predicted molar refractivity (Wildman–Crippen MR) is 114 cm³/mol. The Balaban J connectivity index is 1.62. The molecule has 3 aromatic heterocycles. The van der Waals surface area contributed by atoms with Crippen molar-refractivity contribution in [2.24, 2.45) is 0 Å². The van der Waals surface area contributed by atoms with Gasteiger partial charge in [-0.2, -0.15) is 5.26 Å². The normalized spacial score (nSPS) is 10.6. The molecular formula is C23H18N6O. The highest BCUT2D eigenvalue weighted by Gasteiger charge is 2.12. The predicted octanol–water partition coefficient (Wildman–Crippen LogP) is 4.14. The quantitative estimate of drug-likeness (QED) is 0.560. The third-order valence-electron chi connectivity index (χ3n) is 4.73. The fourth-order valence-electron chi connectivity index (χ4n) is 3.26. The van der Waals surface area contributed by atoms with Crippen molar-refractivity contribution in [3.63, 3.8) is 0 Å². The van der Waals surface area contributed by atoms with Crippen molar-refractivity contribution >= 4 is 22.6 Å². The first-order chi connectivity index (χ1) is 14.4. The minimum absolute atomic E-state index is 0.197. The smallest absolute Gasteiger partial charge is 0.255 e. The Labute approximate surface area is 173 Å². The van der Waals surface area contributed by atoms with Gasteiger partial charge in [-0.25, -0.2) is 19.9 Å². The van der Waals surface area contributed by atoms with Gasteiger partial charge in [0, 0.05) is 28.7 Å². The number of pyridine rings is 2. The van der Waals surface area contributed by atoms with Crippen molar-refractivity contribution in [1.82, 2.24) is 19.9 Å². The number of carbonyl (C=O) groups is 1. The van der Waals surface area contributed by atoms with Crippen molar-refractivity contribution in [3.8, 4) is 17.5 Å². The van der Waals surface area contributed by atoms with E-state index in [0.29, 0.717) is 17.1 Å². The van der Waals surface area contributed by atoms with Crippen LogP contribution in [0, 0.1) is 32.1 Å². The second-order valence-electron chi connectivity index (χ2n) is 7.03. The first-order valence-electron chi connectivity index (χ1n) is 9.34. The molecule has 0 radical (unpaired) electrons. The number of rotatable bonds is 3. The molecule has 3 heterocycles. The summed E-state index contributed by atoms with van der Waals surface area (Å²) in [5.41, 5.74) is 6.55. The molecule has 0 aliphatic rings. The standard InChI is InChI=1S/C23H18N6O/c1-13-9-16(22-26-12-20-21(29-22)14(2)8-15(3)27-20)4-5-19(13)28-23(30)17-6-7-25-18(10-17)11-24/h4-10,12H,1-3H3,(H,28,30). The second-order valence-corrected chi connectivity index (χ2v) is 7.03. The van der Waals surface area contributed by atoms with Crippen LogP contribution in [0.5, 0.6) is 0 Å². The van der Waals surface area contributed by atoms with Crippen LogP contribution in [0.15, 0.2) is 48.8 Å². The van der Waals surface area contributed by atoms with Gasteiger partial charge in [-0.3, -0.25) is 4.79 Å². The summed E-state index contributed by atoms with van der Waals surface area (Å²) in [6, 6.07) is 12.6. The molecule has 1 amide bonds. The number of hydrogen-bond donors (Lipinski definition) is 1. The highest BCUT2D eigenvalue weighted by Crippen LogP contribution is 2.25. The van der Waals surface area contributed by atoms with E-state index in [1.807, 2.05) is 51.1 Å². The number of nitriles is 1. The number of nitrogens with one attached hydrogen (secondary N) is 1. The number of anilines is 1. The van der Waals surface area contributed by atoms with Crippen LogP contribution in [0.2, 0.25) is 0 Å². The minimum atomic E-state index is -0.302. The highest BCUT2D eigenvalue weighted by atomic mass is 16.1. The molecule has 0 aliphatic heterocycles. The molecule has 0 atom stereocenters. The molecule has 1 N–H and O–H groups in total.